The molecule has 0 aliphatic carbocycles. The Kier molecular flexibility index (Phi) is 5.30. The standard InChI is InChI=1S/C20H24N6O3/c1-23-13-22-18(12-19(23)27)25-7-5-24(6-8-25)15-3-4-16-17(11-15)21-14-26(20(16)28)9-10-29-2/h3-4,11-14H,5-10H2,1-2H3. The van der Waals surface area contributed by atoms with Crippen LogP contribution >= 0.6 is 0 Å². The van der Waals surface area contributed by atoms with Crippen molar-refractivity contribution in [3.63, 3.8) is 0 Å². The van der Waals surface area contributed by atoms with Gasteiger partial charge in [-0.15, -0.1) is 0 Å². The maximum atomic E-state index is 12.6. The molecule has 3 aromatic rings. The van der Waals surface area contributed by atoms with Gasteiger partial charge in [0.25, 0.3) is 11.1 Å². The third-order valence-corrected chi connectivity index (χ3v) is 5.28. The summed E-state index contributed by atoms with van der Waals surface area (Å²) in [6, 6.07) is 7.35. The van der Waals surface area contributed by atoms with Crippen molar-refractivity contribution in [1.29, 1.82) is 0 Å². The van der Waals surface area contributed by atoms with Crippen LogP contribution < -0.4 is 20.9 Å². The second-order valence-corrected chi connectivity index (χ2v) is 7.11. The normalized spacial score (nSPS) is 14.6. The van der Waals surface area contributed by atoms with Crippen molar-refractivity contribution in [3.8, 4) is 0 Å². The molecule has 0 unspecified atom stereocenters. The third-order valence-electron chi connectivity index (χ3n) is 5.28. The Bertz CT molecular complexity index is 1130. The van der Waals surface area contributed by atoms with E-state index in [0.717, 1.165) is 31.9 Å². The van der Waals surface area contributed by atoms with Gasteiger partial charge in [-0.05, 0) is 18.2 Å². The zero-order valence-electron chi connectivity index (χ0n) is 16.6. The topological polar surface area (TPSA) is 85.5 Å². The van der Waals surface area contributed by atoms with Gasteiger partial charge in [-0.1, -0.05) is 0 Å². The molecule has 9 heteroatoms. The third kappa shape index (κ3) is 3.86. The van der Waals surface area contributed by atoms with Crippen molar-refractivity contribution in [1.82, 2.24) is 19.1 Å². The Morgan fingerprint density at radius 3 is 2.48 bits per heavy atom. The maximum absolute atomic E-state index is 12.6. The van der Waals surface area contributed by atoms with Gasteiger partial charge in [0.15, 0.2) is 0 Å². The Labute approximate surface area is 167 Å². The number of methoxy groups -OCH3 is 1. The highest BCUT2D eigenvalue weighted by atomic mass is 16.5. The Balaban J connectivity index is 1.50. The fraction of sp³-hybridized carbons (Fsp3) is 0.400. The van der Waals surface area contributed by atoms with Crippen LogP contribution in [0.15, 0.2) is 46.5 Å². The molecule has 3 heterocycles. The molecule has 0 bridgehead atoms. The predicted octanol–water partition coefficient (Wildman–Crippen LogP) is 0.463. The molecule has 0 atom stereocenters. The monoisotopic (exact) mass is 396 g/mol. The van der Waals surface area contributed by atoms with Gasteiger partial charge in [-0.3, -0.25) is 14.2 Å². The first-order valence-electron chi connectivity index (χ1n) is 9.57. The van der Waals surface area contributed by atoms with E-state index in [-0.39, 0.29) is 11.1 Å². The minimum atomic E-state index is -0.0609. The van der Waals surface area contributed by atoms with Crippen LogP contribution in [-0.4, -0.2) is 59.0 Å². The van der Waals surface area contributed by atoms with Crippen molar-refractivity contribution >= 4 is 22.4 Å². The zero-order valence-corrected chi connectivity index (χ0v) is 16.6. The smallest absolute Gasteiger partial charge is 0.261 e. The van der Waals surface area contributed by atoms with Crippen LogP contribution in [0.2, 0.25) is 0 Å². The predicted molar refractivity (Wildman–Crippen MR) is 112 cm³/mol. The Morgan fingerprint density at radius 2 is 1.76 bits per heavy atom. The molecular weight excluding hydrogens is 372 g/mol. The van der Waals surface area contributed by atoms with Gasteiger partial charge in [0, 0.05) is 52.1 Å². The van der Waals surface area contributed by atoms with E-state index in [1.807, 2.05) is 18.2 Å². The molecule has 1 aromatic carbocycles. The van der Waals surface area contributed by atoms with Crippen LogP contribution in [0.5, 0.6) is 0 Å². The van der Waals surface area contributed by atoms with E-state index in [1.54, 1.807) is 37.4 Å². The second kappa shape index (κ2) is 8.04. The molecule has 152 valence electrons. The number of hydrogen-bond donors (Lipinski definition) is 0. The van der Waals surface area contributed by atoms with Crippen LogP contribution in [0.3, 0.4) is 0 Å². The van der Waals surface area contributed by atoms with Crippen LogP contribution in [0.25, 0.3) is 10.9 Å². The quantitative estimate of drug-likeness (QED) is 0.619. The molecule has 1 aliphatic rings. The molecule has 0 saturated carbocycles. The van der Waals surface area contributed by atoms with E-state index in [9.17, 15) is 9.59 Å². The Hall–Kier alpha value is -3.20. The summed E-state index contributed by atoms with van der Waals surface area (Å²) >= 11 is 0. The number of ether oxygens (including phenoxy) is 1. The summed E-state index contributed by atoms with van der Waals surface area (Å²) in [7, 11) is 3.30. The molecule has 29 heavy (non-hydrogen) atoms. The van der Waals surface area contributed by atoms with Gasteiger partial charge in [-0.25, -0.2) is 9.97 Å². The number of anilines is 2. The number of piperazine rings is 1. The minimum Gasteiger partial charge on any atom is -0.383 e. The second-order valence-electron chi connectivity index (χ2n) is 7.11. The average molecular weight is 396 g/mol. The molecule has 0 N–H and O–H groups in total. The van der Waals surface area contributed by atoms with Crippen molar-refractivity contribution in [3.05, 3.63) is 57.6 Å². The zero-order chi connectivity index (χ0) is 20.4. The lowest BCUT2D eigenvalue weighted by molar-refractivity contribution is 0.186. The Morgan fingerprint density at radius 1 is 1.00 bits per heavy atom. The summed E-state index contributed by atoms with van der Waals surface area (Å²) in [4.78, 5) is 37.6. The van der Waals surface area contributed by atoms with E-state index >= 15 is 0 Å². The van der Waals surface area contributed by atoms with Crippen LogP contribution in [-0.2, 0) is 18.3 Å². The first kappa shape index (κ1) is 19.1. The van der Waals surface area contributed by atoms with E-state index < -0.39 is 0 Å². The number of fused-ring (bicyclic) bond motifs is 1. The lowest BCUT2D eigenvalue weighted by atomic mass is 10.2. The molecular formula is C20H24N6O3. The van der Waals surface area contributed by atoms with Crippen molar-refractivity contribution in [2.45, 2.75) is 6.54 Å². The van der Waals surface area contributed by atoms with E-state index in [2.05, 4.69) is 19.8 Å². The number of nitrogens with zero attached hydrogens (tertiary/aromatic N) is 6. The van der Waals surface area contributed by atoms with Crippen molar-refractivity contribution in [2.75, 3.05) is 49.7 Å². The lowest BCUT2D eigenvalue weighted by Gasteiger charge is -2.36. The number of aryl methyl sites for hydroxylation is 1. The summed E-state index contributed by atoms with van der Waals surface area (Å²) in [5.41, 5.74) is 1.61. The highest BCUT2D eigenvalue weighted by molar-refractivity contribution is 5.81. The minimum absolute atomic E-state index is 0.0554. The van der Waals surface area contributed by atoms with E-state index in [1.165, 1.54) is 4.57 Å². The number of aromatic nitrogens is 4. The molecule has 1 saturated heterocycles. The fourth-order valence-electron chi connectivity index (χ4n) is 3.51. The van der Waals surface area contributed by atoms with Crippen LogP contribution in [0.1, 0.15) is 0 Å². The van der Waals surface area contributed by atoms with Gasteiger partial charge >= 0.3 is 0 Å². The van der Waals surface area contributed by atoms with Crippen LogP contribution in [0, 0.1) is 0 Å². The summed E-state index contributed by atoms with van der Waals surface area (Å²) in [5.74, 6) is 0.713. The summed E-state index contributed by atoms with van der Waals surface area (Å²) in [6.07, 6.45) is 3.13. The van der Waals surface area contributed by atoms with Gasteiger partial charge in [-0.2, -0.15) is 0 Å². The number of hydrogen-bond acceptors (Lipinski definition) is 7. The molecule has 4 rings (SSSR count). The molecule has 1 fully saturated rings. The van der Waals surface area contributed by atoms with Gasteiger partial charge in [0.2, 0.25) is 0 Å². The van der Waals surface area contributed by atoms with Gasteiger partial charge < -0.3 is 19.1 Å². The SMILES string of the molecule is COCCn1cnc2cc(N3CCN(c4cc(=O)n(C)cn4)CC3)ccc2c1=O. The maximum Gasteiger partial charge on any atom is 0.261 e. The van der Waals surface area contributed by atoms with E-state index in [0.29, 0.717) is 29.9 Å². The number of benzene rings is 1. The van der Waals surface area contributed by atoms with Crippen molar-refractivity contribution < 1.29 is 4.74 Å². The first-order chi connectivity index (χ1) is 14.1. The lowest BCUT2D eigenvalue weighted by Crippen LogP contribution is -2.47. The average Bonchev–Trinajstić information content (AvgIpc) is 2.75. The molecule has 2 aromatic heterocycles. The molecule has 0 radical (unpaired) electrons. The largest absolute Gasteiger partial charge is 0.383 e. The van der Waals surface area contributed by atoms with Crippen molar-refractivity contribution in [2.24, 2.45) is 7.05 Å². The molecule has 0 amide bonds. The van der Waals surface area contributed by atoms with Gasteiger partial charge in [0.05, 0.1) is 36.7 Å². The fourth-order valence-corrected chi connectivity index (χ4v) is 3.51. The highest BCUT2D eigenvalue weighted by Gasteiger charge is 2.19. The number of rotatable bonds is 5. The summed E-state index contributed by atoms with van der Waals surface area (Å²) < 4.78 is 8.08. The summed E-state index contributed by atoms with van der Waals surface area (Å²) in [6.45, 7) is 4.09. The first-order valence-corrected chi connectivity index (χ1v) is 9.57. The van der Waals surface area contributed by atoms with E-state index in [4.69, 9.17) is 4.74 Å². The molecule has 1 aliphatic heterocycles. The summed E-state index contributed by atoms with van der Waals surface area (Å²) in [5, 5.41) is 0.607. The molecule has 0 spiro atoms. The highest BCUT2D eigenvalue weighted by Crippen LogP contribution is 2.21. The van der Waals surface area contributed by atoms with Crippen LogP contribution in [0.4, 0.5) is 11.5 Å². The molecule has 9 nitrogen and oxygen atoms in total. The van der Waals surface area contributed by atoms with Gasteiger partial charge in [0.1, 0.15) is 5.82 Å².